The second-order valence-electron chi connectivity index (χ2n) is 5.39. The van der Waals surface area contributed by atoms with Crippen molar-refractivity contribution in [1.29, 1.82) is 0 Å². The van der Waals surface area contributed by atoms with E-state index in [4.69, 9.17) is 0 Å². The molecule has 0 aliphatic heterocycles. The molecule has 0 radical (unpaired) electrons. The molecule has 2 rings (SSSR count). The first kappa shape index (κ1) is 14.7. The van der Waals surface area contributed by atoms with Crippen molar-refractivity contribution in [3.05, 3.63) is 47.0 Å². The van der Waals surface area contributed by atoms with Crippen LogP contribution < -0.4 is 0 Å². The SMILES string of the molecule is CCC(C)n1ccc(CC(O)c2ccc(C)nc2C)n1. The van der Waals surface area contributed by atoms with Crippen molar-refractivity contribution in [1.82, 2.24) is 14.8 Å². The van der Waals surface area contributed by atoms with E-state index in [1.165, 1.54) is 0 Å². The molecule has 2 unspecified atom stereocenters. The Bertz CT molecular complexity index is 577. The van der Waals surface area contributed by atoms with Crippen LogP contribution >= 0.6 is 0 Å². The van der Waals surface area contributed by atoms with Gasteiger partial charge in [0.25, 0.3) is 0 Å². The highest BCUT2D eigenvalue weighted by atomic mass is 16.3. The van der Waals surface area contributed by atoms with Crippen molar-refractivity contribution in [2.24, 2.45) is 0 Å². The summed E-state index contributed by atoms with van der Waals surface area (Å²) in [5, 5.41) is 14.9. The number of aryl methyl sites for hydroxylation is 2. The van der Waals surface area contributed by atoms with Crippen molar-refractivity contribution < 1.29 is 5.11 Å². The maximum absolute atomic E-state index is 10.4. The van der Waals surface area contributed by atoms with Crippen LogP contribution in [0.4, 0.5) is 0 Å². The Morgan fingerprint density at radius 1 is 1.25 bits per heavy atom. The molecule has 0 bridgehead atoms. The second-order valence-corrected chi connectivity index (χ2v) is 5.39. The van der Waals surface area contributed by atoms with E-state index in [2.05, 4.69) is 23.9 Å². The molecular formula is C16H23N3O. The minimum Gasteiger partial charge on any atom is -0.388 e. The molecule has 0 fully saturated rings. The number of hydrogen-bond acceptors (Lipinski definition) is 3. The van der Waals surface area contributed by atoms with Crippen LogP contribution in [0.5, 0.6) is 0 Å². The van der Waals surface area contributed by atoms with Gasteiger partial charge < -0.3 is 5.11 Å². The lowest BCUT2D eigenvalue weighted by molar-refractivity contribution is 0.175. The molecule has 0 saturated carbocycles. The van der Waals surface area contributed by atoms with Crippen LogP contribution in [0.1, 0.15) is 55.1 Å². The first-order chi connectivity index (χ1) is 9.51. The molecule has 0 aliphatic rings. The van der Waals surface area contributed by atoms with E-state index in [9.17, 15) is 5.11 Å². The van der Waals surface area contributed by atoms with Crippen molar-refractivity contribution in [3.63, 3.8) is 0 Å². The van der Waals surface area contributed by atoms with Crippen LogP contribution in [0.25, 0.3) is 0 Å². The molecule has 1 N–H and O–H groups in total. The van der Waals surface area contributed by atoms with Gasteiger partial charge in [-0.3, -0.25) is 9.67 Å². The minimum absolute atomic E-state index is 0.392. The Hall–Kier alpha value is -1.68. The van der Waals surface area contributed by atoms with Crippen LogP contribution in [0, 0.1) is 13.8 Å². The molecular weight excluding hydrogens is 250 g/mol. The summed E-state index contributed by atoms with van der Waals surface area (Å²) in [6, 6.07) is 6.26. The highest BCUT2D eigenvalue weighted by molar-refractivity contribution is 5.25. The fourth-order valence-corrected chi connectivity index (χ4v) is 2.28. The lowest BCUT2D eigenvalue weighted by atomic mass is 10.0. The molecule has 0 aliphatic carbocycles. The molecule has 2 aromatic rings. The van der Waals surface area contributed by atoms with Crippen LogP contribution in [0.15, 0.2) is 24.4 Å². The van der Waals surface area contributed by atoms with Gasteiger partial charge in [-0.05, 0) is 39.3 Å². The zero-order valence-electron chi connectivity index (χ0n) is 12.7. The van der Waals surface area contributed by atoms with Crippen LogP contribution in [0.2, 0.25) is 0 Å². The Labute approximate surface area is 120 Å². The van der Waals surface area contributed by atoms with E-state index in [0.29, 0.717) is 12.5 Å². The van der Waals surface area contributed by atoms with Gasteiger partial charge in [0, 0.05) is 35.6 Å². The standard InChI is InChI=1S/C16H23N3O/c1-5-12(3)19-9-8-14(18-19)10-16(20)15-7-6-11(2)17-13(15)4/h6-9,12,16,20H,5,10H2,1-4H3. The minimum atomic E-state index is -0.552. The summed E-state index contributed by atoms with van der Waals surface area (Å²) in [5.74, 6) is 0. The smallest absolute Gasteiger partial charge is 0.0863 e. The number of aliphatic hydroxyl groups is 1. The molecule has 2 atom stereocenters. The molecule has 4 heteroatoms. The van der Waals surface area contributed by atoms with Gasteiger partial charge in [0.05, 0.1) is 11.8 Å². The van der Waals surface area contributed by atoms with E-state index in [1.54, 1.807) is 0 Å². The summed E-state index contributed by atoms with van der Waals surface area (Å²) in [6.07, 6.45) is 3.00. The highest BCUT2D eigenvalue weighted by Crippen LogP contribution is 2.21. The van der Waals surface area contributed by atoms with Crippen LogP contribution in [-0.2, 0) is 6.42 Å². The summed E-state index contributed by atoms with van der Waals surface area (Å²) < 4.78 is 1.96. The Balaban J connectivity index is 2.11. The molecule has 108 valence electrons. The van der Waals surface area contributed by atoms with Crippen molar-refractivity contribution >= 4 is 0 Å². The highest BCUT2D eigenvalue weighted by Gasteiger charge is 2.14. The Morgan fingerprint density at radius 3 is 2.65 bits per heavy atom. The summed E-state index contributed by atoms with van der Waals surface area (Å²) in [5.41, 5.74) is 3.66. The lowest BCUT2D eigenvalue weighted by Gasteiger charge is -2.13. The summed E-state index contributed by atoms with van der Waals surface area (Å²) in [4.78, 5) is 4.40. The van der Waals surface area contributed by atoms with E-state index in [0.717, 1.165) is 29.1 Å². The summed E-state index contributed by atoms with van der Waals surface area (Å²) in [7, 11) is 0. The quantitative estimate of drug-likeness (QED) is 0.910. The van der Waals surface area contributed by atoms with E-state index in [1.807, 2.05) is 42.9 Å². The Kier molecular flexibility index (Phi) is 4.55. The average Bonchev–Trinajstić information content (AvgIpc) is 2.86. The van der Waals surface area contributed by atoms with Gasteiger partial charge in [0.2, 0.25) is 0 Å². The fourth-order valence-electron chi connectivity index (χ4n) is 2.28. The van der Waals surface area contributed by atoms with Crippen molar-refractivity contribution in [3.8, 4) is 0 Å². The molecule has 20 heavy (non-hydrogen) atoms. The Morgan fingerprint density at radius 2 is 2.00 bits per heavy atom. The summed E-state index contributed by atoms with van der Waals surface area (Å²) >= 11 is 0. The first-order valence-electron chi connectivity index (χ1n) is 7.17. The zero-order valence-corrected chi connectivity index (χ0v) is 12.7. The number of nitrogens with zero attached hydrogens (tertiary/aromatic N) is 3. The largest absolute Gasteiger partial charge is 0.388 e. The van der Waals surface area contributed by atoms with Gasteiger partial charge in [-0.25, -0.2) is 0 Å². The molecule has 2 heterocycles. The van der Waals surface area contributed by atoms with Gasteiger partial charge in [-0.1, -0.05) is 13.0 Å². The van der Waals surface area contributed by atoms with Gasteiger partial charge in [-0.15, -0.1) is 0 Å². The van der Waals surface area contributed by atoms with Gasteiger partial charge in [0.15, 0.2) is 0 Å². The summed E-state index contributed by atoms with van der Waals surface area (Å²) in [6.45, 7) is 8.17. The van der Waals surface area contributed by atoms with E-state index in [-0.39, 0.29) is 0 Å². The zero-order chi connectivity index (χ0) is 14.7. The van der Waals surface area contributed by atoms with Gasteiger partial charge >= 0.3 is 0 Å². The van der Waals surface area contributed by atoms with Crippen molar-refractivity contribution in [2.45, 2.75) is 52.7 Å². The van der Waals surface area contributed by atoms with Gasteiger partial charge in [-0.2, -0.15) is 5.10 Å². The normalized spacial score (nSPS) is 14.2. The molecule has 2 aromatic heterocycles. The van der Waals surface area contributed by atoms with Crippen LogP contribution in [-0.4, -0.2) is 19.9 Å². The molecule has 0 aromatic carbocycles. The molecule has 4 nitrogen and oxygen atoms in total. The third kappa shape index (κ3) is 3.25. The molecule has 0 spiro atoms. The third-order valence-electron chi connectivity index (χ3n) is 3.73. The maximum atomic E-state index is 10.4. The van der Waals surface area contributed by atoms with E-state index >= 15 is 0 Å². The predicted octanol–water partition coefficient (Wildman–Crippen LogP) is 3.14. The lowest BCUT2D eigenvalue weighted by Crippen LogP contribution is -2.08. The topological polar surface area (TPSA) is 50.9 Å². The molecule has 0 amide bonds. The maximum Gasteiger partial charge on any atom is 0.0863 e. The van der Waals surface area contributed by atoms with E-state index < -0.39 is 6.10 Å². The van der Waals surface area contributed by atoms with Crippen molar-refractivity contribution in [2.75, 3.05) is 0 Å². The monoisotopic (exact) mass is 273 g/mol. The first-order valence-corrected chi connectivity index (χ1v) is 7.17. The number of aliphatic hydroxyl groups excluding tert-OH is 1. The number of aromatic nitrogens is 3. The third-order valence-corrected chi connectivity index (χ3v) is 3.73. The van der Waals surface area contributed by atoms with Crippen LogP contribution in [0.3, 0.4) is 0 Å². The molecule has 0 saturated heterocycles. The number of hydrogen-bond donors (Lipinski definition) is 1. The second kappa shape index (κ2) is 6.18. The number of pyridine rings is 1. The predicted molar refractivity (Wildman–Crippen MR) is 79.6 cm³/mol. The average molecular weight is 273 g/mol. The number of rotatable bonds is 5. The van der Waals surface area contributed by atoms with Gasteiger partial charge in [0.1, 0.15) is 0 Å². The fraction of sp³-hybridized carbons (Fsp3) is 0.500.